The minimum Gasteiger partial charge on any atom is -0.336 e. The highest BCUT2D eigenvalue weighted by molar-refractivity contribution is 5.82. The van der Waals surface area contributed by atoms with Crippen LogP contribution in [0.2, 0.25) is 0 Å². The quantitative estimate of drug-likeness (QED) is 0.435. The standard InChI is InChI=1S/C6H13N3O/c1-2-8-6(10)9-5-3-4-7/h2H,3-5,7H2,1H3,(H,9,10). The Morgan fingerprint density at radius 1 is 1.80 bits per heavy atom. The molecular formula is C6H13N3O. The zero-order valence-electron chi connectivity index (χ0n) is 6.13. The lowest BCUT2D eigenvalue weighted by Crippen LogP contribution is -2.22. The Balaban J connectivity index is 3.22. The van der Waals surface area contributed by atoms with Crippen LogP contribution in [0.5, 0.6) is 0 Å². The van der Waals surface area contributed by atoms with Gasteiger partial charge in [-0.05, 0) is 19.9 Å². The fourth-order valence-electron chi connectivity index (χ4n) is 0.460. The molecule has 4 nitrogen and oxygen atoms in total. The van der Waals surface area contributed by atoms with Gasteiger partial charge in [-0.2, -0.15) is 0 Å². The van der Waals surface area contributed by atoms with Crippen LogP contribution in [0.3, 0.4) is 0 Å². The van der Waals surface area contributed by atoms with Crippen molar-refractivity contribution in [2.45, 2.75) is 13.3 Å². The summed E-state index contributed by atoms with van der Waals surface area (Å²) in [5.41, 5.74) is 5.20. The topological polar surface area (TPSA) is 67.5 Å². The number of hydrogen-bond donors (Lipinski definition) is 2. The summed E-state index contributed by atoms with van der Waals surface area (Å²) in [4.78, 5) is 14.0. The molecule has 0 bridgehead atoms. The molecule has 0 aromatic heterocycles. The molecule has 0 saturated heterocycles. The fourth-order valence-corrected chi connectivity index (χ4v) is 0.460. The summed E-state index contributed by atoms with van der Waals surface area (Å²) in [6, 6.07) is -0.295. The van der Waals surface area contributed by atoms with E-state index in [2.05, 4.69) is 10.3 Å². The number of aliphatic imine (C=N–C) groups is 1. The lowest BCUT2D eigenvalue weighted by Gasteiger charge is -1.97. The molecule has 0 rings (SSSR count). The Labute approximate surface area is 60.5 Å². The maximum atomic E-state index is 10.6. The molecule has 0 saturated carbocycles. The number of amides is 2. The smallest absolute Gasteiger partial charge is 0.336 e. The van der Waals surface area contributed by atoms with Gasteiger partial charge < -0.3 is 11.1 Å². The third-order valence-corrected chi connectivity index (χ3v) is 0.903. The van der Waals surface area contributed by atoms with Crippen LogP contribution in [0.15, 0.2) is 4.99 Å². The van der Waals surface area contributed by atoms with Crippen LogP contribution in [-0.2, 0) is 0 Å². The lowest BCUT2D eigenvalue weighted by molar-refractivity contribution is 0.249. The van der Waals surface area contributed by atoms with Crippen LogP contribution in [0, 0.1) is 0 Å². The fraction of sp³-hybridized carbons (Fsp3) is 0.667. The summed E-state index contributed by atoms with van der Waals surface area (Å²) in [7, 11) is 0. The van der Waals surface area contributed by atoms with Gasteiger partial charge in [0, 0.05) is 12.8 Å². The number of carbonyl (C=O) groups is 1. The highest BCUT2D eigenvalue weighted by atomic mass is 16.2. The molecule has 0 aromatic rings. The average Bonchev–Trinajstić information content (AvgIpc) is 1.89. The zero-order valence-corrected chi connectivity index (χ0v) is 6.13. The van der Waals surface area contributed by atoms with Gasteiger partial charge in [0.2, 0.25) is 0 Å². The van der Waals surface area contributed by atoms with Crippen molar-refractivity contribution in [3.05, 3.63) is 0 Å². The van der Waals surface area contributed by atoms with E-state index in [1.165, 1.54) is 6.21 Å². The number of carbonyl (C=O) groups excluding carboxylic acids is 1. The molecule has 3 N–H and O–H groups in total. The van der Waals surface area contributed by atoms with Crippen LogP contribution in [0.1, 0.15) is 13.3 Å². The lowest BCUT2D eigenvalue weighted by atomic mass is 10.4. The summed E-state index contributed by atoms with van der Waals surface area (Å²) in [6.45, 7) is 2.89. The highest BCUT2D eigenvalue weighted by Gasteiger charge is 1.91. The largest absolute Gasteiger partial charge is 0.340 e. The number of rotatable bonds is 3. The minimum atomic E-state index is -0.295. The Morgan fingerprint density at radius 3 is 3.00 bits per heavy atom. The van der Waals surface area contributed by atoms with E-state index in [4.69, 9.17) is 5.73 Å². The molecule has 0 aliphatic heterocycles. The van der Waals surface area contributed by atoms with Gasteiger partial charge in [0.15, 0.2) is 0 Å². The summed E-state index contributed by atoms with van der Waals surface area (Å²) < 4.78 is 0. The van der Waals surface area contributed by atoms with Crippen molar-refractivity contribution < 1.29 is 4.79 Å². The van der Waals surface area contributed by atoms with Crippen molar-refractivity contribution in [2.24, 2.45) is 10.7 Å². The monoisotopic (exact) mass is 143 g/mol. The molecular weight excluding hydrogens is 130 g/mol. The van der Waals surface area contributed by atoms with Gasteiger partial charge in [-0.25, -0.2) is 9.79 Å². The molecule has 0 aliphatic carbocycles. The van der Waals surface area contributed by atoms with Gasteiger partial charge in [-0.1, -0.05) is 0 Å². The summed E-state index contributed by atoms with van der Waals surface area (Å²) in [6.07, 6.45) is 2.25. The van der Waals surface area contributed by atoms with E-state index in [1.54, 1.807) is 6.92 Å². The first-order valence-corrected chi connectivity index (χ1v) is 3.28. The molecule has 2 amide bonds. The van der Waals surface area contributed by atoms with Crippen molar-refractivity contribution in [1.82, 2.24) is 5.32 Å². The third kappa shape index (κ3) is 5.24. The van der Waals surface area contributed by atoms with Crippen LogP contribution >= 0.6 is 0 Å². The Kier molecular flexibility index (Phi) is 5.66. The normalized spacial score (nSPS) is 10.2. The molecule has 0 aliphatic rings. The van der Waals surface area contributed by atoms with Gasteiger partial charge in [-0.15, -0.1) is 0 Å². The number of urea groups is 1. The third-order valence-electron chi connectivity index (χ3n) is 0.903. The summed E-state index contributed by atoms with van der Waals surface area (Å²) >= 11 is 0. The first-order chi connectivity index (χ1) is 4.81. The Hall–Kier alpha value is -0.900. The molecule has 0 heterocycles. The second-order valence-corrected chi connectivity index (χ2v) is 1.76. The van der Waals surface area contributed by atoms with E-state index in [9.17, 15) is 4.79 Å². The Bertz CT molecular complexity index is 122. The van der Waals surface area contributed by atoms with Gasteiger partial charge in [0.25, 0.3) is 0 Å². The highest BCUT2D eigenvalue weighted by Crippen LogP contribution is 1.74. The van der Waals surface area contributed by atoms with Crippen LogP contribution in [0.25, 0.3) is 0 Å². The first kappa shape index (κ1) is 9.10. The van der Waals surface area contributed by atoms with Gasteiger partial charge in [-0.3, -0.25) is 0 Å². The number of nitrogens with one attached hydrogen (secondary N) is 1. The second-order valence-electron chi connectivity index (χ2n) is 1.76. The van der Waals surface area contributed by atoms with Gasteiger partial charge >= 0.3 is 6.03 Å². The minimum absolute atomic E-state index is 0.295. The van der Waals surface area contributed by atoms with Crippen molar-refractivity contribution >= 4 is 12.2 Å². The van der Waals surface area contributed by atoms with Gasteiger partial charge in [0.05, 0.1) is 0 Å². The predicted molar refractivity (Wildman–Crippen MR) is 41.2 cm³/mol. The van der Waals surface area contributed by atoms with Crippen molar-refractivity contribution in [3.63, 3.8) is 0 Å². The molecule has 58 valence electrons. The summed E-state index contributed by atoms with van der Waals surface area (Å²) in [5.74, 6) is 0. The SMILES string of the molecule is CC=NC(=O)NCCCN. The van der Waals surface area contributed by atoms with E-state index in [1.807, 2.05) is 0 Å². The number of hydrogen-bond acceptors (Lipinski definition) is 2. The first-order valence-electron chi connectivity index (χ1n) is 3.28. The van der Waals surface area contributed by atoms with Gasteiger partial charge in [0.1, 0.15) is 0 Å². The van der Waals surface area contributed by atoms with Crippen molar-refractivity contribution in [1.29, 1.82) is 0 Å². The maximum Gasteiger partial charge on any atom is 0.340 e. The van der Waals surface area contributed by atoms with Crippen molar-refractivity contribution in [2.75, 3.05) is 13.1 Å². The van der Waals surface area contributed by atoms with Crippen LogP contribution < -0.4 is 11.1 Å². The molecule has 0 fully saturated rings. The molecule has 10 heavy (non-hydrogen) atoms. The van der Waals surface area contributed by atoms with E-state index >= 15 is 0 Å². The predicted octanol–water partition coefficient (Wildman–Crippen LogP) is 0.136. The van der Waals surface area contributed by atoms with E-state index in [0.29, 0.717) is 13.1 Å². The molecule has 0 aromatic carbocycles. The average molecular weight is 143 g/mol. The molecule has 0 atom stereocenters. The molecule has 0 spiro atoms. The number of nitrogens with zero attached hydrogens (tertiary/aromatic N) is 1. The number of nitrogens with two attached hydrogens (primary N) is 1. The van der Waals surface area contributed by atoms with Crippen molar-refractivity contribution in [3.8, 4) is 0 Å². The van der Waals surface area contributed by atoms with Crippen LogP contribution in [0.4, 0.5) is 4.79 Å². The second kappa shape index (κ2) is 6.22. The Morgan fingerprint density at radius 2 is 2.50 bits per heavy atom. The van der Waals surface area contributed by atoms with E-state index in [0.717, 1.165) is 6.42 Å². The van der Waals surface area contributed by atoms with E-state index in [-0.39, 0.29) is 6.03 Å². The maximum absolute atomic E-state index is 10.6. The molecule has 0 radical (unpaired) electrons. The molecule has 4 heteroatoms. The van der Waals surface area contributed by atoms with E-state index < -0.39 is 0 Å². The van der Waals surface area contributed by atoms with Crippen LogP contribution in [-0.4, -0.2) is 25.3 Å². The summed E-state index contributed by atoms with van der Waals surface area (Å²) in [5, 5.41) is 2.57. The zero-order chi connectivity index (χ0) is 7.82. The molecule has 0 unspecified atom stereocenters.